The molecule has 0 aromatic carbocycles. The van der Waals surface area contributed by atoms with Gasteiger partial charge in [-0.1, -0.05) is 149 Å². The van der Waals surface area contributed by atoms with Crippen LogP contribution < -0.4 is 10.6 Å². The quantitative estimate of drug-likeness (QED) is 0.0493. The van der Waals surface area contributed by atoms with Gasteiger partial charge in [-0.2, -0.15) is 11.8 Å². The molecule has 49 heavy (non-hydrogen) atoms. The number of thioether (sulfide) groups is 1. The van der Waals surface area contributed by atoms with E-state index in [1.54, 1.807) is 11.8 Å². The molecule has 0 aliphatic rings. The minimum Gasteiger partial charge on any atom is -0.466 e. The molecule has 2 amide bonds. The Morgan fingerprint density at radius 3 is 1.61 bits per heavy atom. The van der Waals surface area contributed by atoms with E-state index in [0.717, 1.165) is 57.9 Å². The lowest BCUT2D eigenvalue weighted by Gasteiger charge is -2.23. The lowest BCUT2D eigenvalue weighted by molar-refractivity contribution is -0.143. The Morgan fingerprint density at radius 1 is 0.592 bits per heavy atom. The van der Waals surface area contributed by atoms with E-state index in [1.807, 2.05) is 14.1 Å². The van der Waals surface area contributed by atoms with Gasteiger partial charge in [-0.3, -0.25) is 14.4 Å². The molecule has 8 heteroatoms. The third-order valence-corrected chi connectivity index (χ3v) is 10.4. The summed E-state index contributed by atoms with van der Waals surface area (Å²) in [6, 6.07) is -0.546. The van der Waals surface area contributed by atoms with Crippen molar-refractivity contribution in [3.05, 3.63) is 0 Å². The zero-order valence-corrected chi connectivity index (χ0v) is 33.9. The highest BCUT2D eigenvalue weighted by atomic mass is 32.2. The number of carbonyl (C=O) groups is 3. The highest BCUT2D eigenvalue weighted by Crippen LogP contribution is 2.20. The van der Waals surface area contributed by atoms with Gasteiger partial charge in [0.25, 0.3) is 0 Å². The third kappa shape index (κ3) is 32.4. The van der Waals surface area contributed by atoms with Crippen LogP contribution in [0.15, 0.2) is 0 Å². The maximum atomic E-state index is 13.6. The van der Waals surface area contributed by atoms with E-state index >= 15 is 0 Å². The molecule has 0 heterocycles. The van der Waals surface area contributed by atoms with E-state index in [4.69, 9.17) is 4.74 Å². The summed E-state index contributed by atoms with van der Waals surface area (Å²) >= 11 is 1.66. The predicted molar refractivity (Wildman–Crippen MR) is 212 cm³/mol. The molecule has 7 nitrogen and oxygen atoms in total. The zero-order valence-electron chi connectivity index (χ0n) is 33.1. The van der Waals surface area contributed by atoms with Crippen LogP contribution in [0, 0.1) is 5.92 Å². The number of hydrogen-bond donors (Lipinski definition) is 2. The van der Waals surface area contributed by atoms with Crippen LogP contribution in [-0.2, 0) is 19.1 Å². The van der Waals surface area contributed by atoms with Gasteiger partial charge in [0.1, 0.15) is 6.04 Å². The van der Waals surface area contributed by atoms with Gasteiger partial charge in [0.2, 0.25) is 11.8 Å². The number of rotatable bonds is 37. The van der Waals surface area contributed by atoms with Crippen molar-refractivity contribution in [1.82, 2.24) is 15.5 Å². The number of ether oxygens (including phenoxy) is 1. The molecular formula is C41H81N3O4S. The Bertz CT molecular complexity index is 767. The number of esters is 1. The molecule has 2 unspecified atom stereocenters. The van der Waals surface area contributed by atoms with E-state index in [1.165, 1.54) is 103 Å². The first-order valence-corrected chi connectivity index (χ1v) is 22.0. The Balaban J connectivity index is 4.62. The second-order valence-electron chi connectivity index (χ2n) is 14.5. The van der Waals surface area contributed by atoms with E-state index in [-0.39, 0.29) is 23.7 Å². The maximum Gasteiger partial charge on any atom is 0.306 e. The minimum absolute atomic E-state index is 0.0326. The lowest BCUT2D eigenvalue weighted by atomic mass is 9.93. The molecule has 2 atom stereocenters. The smallest absolute Gasteiger partial charge is 0.306 e. The van der Waals surface area contributed by atoms with Gasteiger partial charge in [0.15, 0.2) is 0 Å². The normalized spacial score (nSPS) is 12.6. The summed E-state index contributed by atoms with van der Waals surface area (Å²) in [5.74, 6) is 1.15. The van der Waals surface area contributed by atoms with Gasteiger partial charge in [0.05, 0.1) is 13.0 Å². The van der Waals surface area contributed by atoms with Crippen LogP contribution in [0.4, 0.5) is 0 Å². The summed E-state index contributed by atoms with van der Waals surface area (Å²) in [5, 5.41) is 6.23. The Hall–Kier alpha value is -1.28. The number of amides is 2. The van der Waals surface area contributed by atoms with Crippen LogP contribution in [-0.4, -0.2) is 74.0 Å². The maximum absolute atomic E-state index is 13.6. The van der Waals surface area contributed by atoms with Crippen molar-refractivity contribution in [2.75, 3.05) is 45.3 Å². The van der Waals surface area contributed by atoms with Crippen LogP contribution in [0.25, 0.3) is 0 Å². The Kier molecular flexibility index (Phi) is 35.6. The van der Waals surface area contributed by atoms with E-state index in [0.29, 0.717) is 37.5 Å². The van der Waals surface area contributed by atoms with Crippen molar-refractivity contribution in [3.8, 4) is 0 Å². The van der Waals surface area contributed by atoms with Gasteiger partial charge >= 0.3 is 5.97 Å². The fourth-order valence-electron chi connectivity index (χ4n) is 6.17. The molecule has 0 fully saturated rings. The molecule has 0 saturated heterocycles. The Labute approximate surface area is 308 Å². The van der Waals surface area contributed by atoms with Crippen molar-refractivity contribution in [3.63, 3.8) is 0 Å². The Morgan fingerprint density at radius 2 is 1.08 bits per heavy atom. The molecular weight excluding hydrogens is 631 g/mol. The van der Waals surface area contributed by atoms with Gasteiger partial charge in [-0.05, 0) is 58.5 Å². The van der Waals surface area contributed by atoms with Crippen LogP contribution in [0.3, 0.4) is 0 Å². The first kappa shape index (κ1) is 47.7. The van der Waals surface area contributed by atoms with Crippen LogP contribution in [0.1, 0.15) is 188 Å². The molecule has 290 valence electrons. The number of nitrogens with one attached hydrogen (secondary N) is 2. The molecule has 0 aromatic rings. The SMILES string of the molecule is CCCCCCCCCCCCCOC(=O)CCSCCC(NC(=O)C(CCCCCC)CCCCCCCC)C(=O)NCCCN(C)C. The number of unbranched alkanes of at least 4 members (excludes halogenated alkanes) is 18. The second-order valence-corrected chi connectivity index (χ2v) is 15.7. The van der Waals surface area contributed by atoms with Crippen LogP contribution in [0.2, 0.25) is 0 Å². The van der Waals surface area contributed by atoms with Gasteiger partial charge in [0, 0.05) is 18.2 Å². The van der Waals surface area contributed by atoms with Crippen molar-refractivity contribution < 1.29 is 19.1 Å². The third-order valence-electron chi connectivity index (χ3n) is 9.41. The van der Waals surface area contributed by atoms with Crippen LogP contribution in [0.5, 0.6) is 0 Å². The summed E-state index contributed by atoms with van der Waals surface area (Å²) in [6.07, 6.45) is 29.5. The average Bonchev–Trinajstić information content (AvgIpc) is 3.08. The van der Waals surface area contributed by atoms with Crippen molar-refractivity contribution in [1.29, 1.82) is 0 Å². The van der Waals surface area contributed by atoms with Crippen molar-refractivity contribution in [2.45, 2.75) is 194 Å². The van der Waals surface area contributed by atoms with Crippen molar-refractivity contribution >= 4 is 29.5 Å². The molecule has 0 rings (SSSR count). The summed E-state index contributed by atoms with van der Waals surface area (Å²) < 4.78 is 5.47. The molecule has 0 saturated carbocycles. The fourth-order valence-corrected chi connectivity index (χ4v) is 7.08. The van der Waals surface area contributed by atoms with Gasteiger partial charge < -0.3 is 20.3 Å². The first-order chi connectivity index (χ1) is 23.8. The highest BCUT2D eigenvalue weighted by molar-refractivity contribution is 7.99. The number of nitrogens with zero attached hydrogens (tertiary/aromatic N) is 1. The second kappa shape index (κ2) is 36.5. The molecule has 0 aliphatic heterocycles. The summed E-state index contributed by atoms with van der Waals surface area (Å²) in [5.41, 5.74) is 0. The fraction of sp³-hybridized carbons (Fsp3) is 0.927. The molecule has 0 spiro atoms. The summed E-state index contributed by atoms with van der Waals surface area (Å²) in [6.45, 7) is 8.72. The molecule has 0 bridgehead atoms. The predicted octanol–water partition coefficient (Wildman–Crippen LogP) is 10.2. The molecule has 2 N–H and O–H groups in total. The topological polar surface area (TPSA) is 87.7 Å². The van der Waals surface area contributed by atoms with Gasteiger partial charge in [-0.25, -0.2) is 0 Å². The highest BCUT2D eigenvalue weighted by Gasteiger charge is 2.25. The molecule has 0 radical (unpaired) electrons. The minimum atomic E-state index is -0.546. The molecule has 0 aromatic heterocycles. The number of carbonyl (C=O) groups excluding carboxylic acids is 3. The van der Waals surface area contributed by atoms with Crippen molar-refractivity contribution in [2.24, 2.45) is 5.92 Å². The summed E-state index contributed by atoms with van der Waals surface area (Å²) in [7, 11) is 4.06. The number of hydrogen-bond acceptors (Lipinski definition) is 6. The largest absolute Gasteiger partial charge is 0.466 e. The average molecular weight is 712 g/mol. The zero-order chi connectivity index (χ0) is 36.2. The standard InChI is InChI=1S/C41H81N3O4S/c1-6-9-12-15-17-18-19-20-21-23-26-34-48-39(45)31-36-49-35-30-38(41(47)42-32-27-33-44(4)5)43-40(46)37(28-24-14-11-8-3)29-25-22-16-13-10-7-2/h37-38H,6-36H2,1-5H3,(H,42,47)(H,43,46). The first-order valence-electron chi connectivity index (χ1n) is 20.8. The van der Waals surface area contributed by atoms with E-state index < -0.39 is 6.04 Å². The van der Waals surface area contributed by atoms with E-state index in [9.17, 15) is 14.4 Å². The van der Waals surface area contributed by atoms with E-state index in [2.05, 4.69) is 36.3 Å². The van der Waals surface area contributed by atoms with Crippen LogP contribution >= 0.6 is 11.8 Å². The monoisotopic (exact) mass is 712 g/mol. The van der Waals surface area contributed by atoms with Gasteiger partial charge in [-0.15, -0.1) is 0 Å². The molecule has 0 aliphatic carbocycles. The summed E-state index contributed by atoms with van der Waals surface area (Å²) in [4.78, 5) is 41.2. The lowest BCUT2D eigenvalue weighted by Crippen LogP contribution is -2.49.